The number of hydrogen-bond acceptors (Lipinski definition) is 3. The van der Waals surface area contributed by atoms with E-state index in [1.54, 1.807) is 36.4 Å². The Morgan fingerprint density at radius 1 is 1.00 bits per heavy atom. The molecule has 1 atom stereocenters. The van der Waals surface area contributed by atoms with E-state index >= 15 is 0 Å². The van der Waals surface area contributed by atoms with Crippen LogP contribution in [-0.2, 0) is 14.8 Å². The normalized spacial score (nSPS) is 12.6. The average molecular weight is 459 g/mol. The molecular formula is C26H38N2O3S. The van der Waals surface area contributed by atoms with E-state index in [-0.39, 0.29) is 17.3 Å². The molecule has 2 rings (SSSR count). The van der Waals surface area contributed by atoms with Crippen molar-refractivity contribution >= 4 is 21.6 Å². The molecule has 0 aliphatic rings. The highest BCUT2D eigenvalue weighted by atomic mass is 32.2. The number of nitrogens with zero attached hydrogens (tertiary/aromatic N) is 1. The summed E-state index contributed by atoms with van der Waals surface area (Å²) in [6.45, 7) is 10.7. The molecule has 6 heteroatoms. The van der Waals surface area contributed by atoms with Crippen LogP contribution in [0.25, 0.3) is 0 Å². The van der Waals surface area contributed by atoms with Crippen molar-refractivity contribution in [1.29, 1.82) is 0 Å². The van der Waals surface area contributed by atoms with Crippen LogP contribution < -0.4 is 9.62 Å². The summed E-state index contributed by atoms with van der Waals surface area (Å²) < 4.78 is 28.2. The summed E-state index contributed by atoms with van der Waals surface area (Å²) in [6, 6.07) is 14.1. The Bertz CT molecular complexity index is 952. The van der Waals surface area contributed by atoms with Gasteiger partial charge in [0, 0.05) is 6.54 Å². The van der Waals surface area contributed by atoms with Crippen LogP contribution in [0.1, 0.15) is 70.4 Å². The zero-order valence-corrected chi connectivity index (χ0v) is 20.9. The number of rotatable bonds is 12. The van der Waals surface area contributed by atoms with Crippen LogP contribution in [0, 0.1) is 12.8 Å². The number of sulfonamides is 1. The maximum absolute atomic E-state index is 13.5. The van der Waals surface area contributed by atoms with Crippen LogP contribution in [0.2, 0.25) is 0 Å². The Hall–Kier alpha value is -2.34. The van der Waals surface area contributed by atoms with Gasteiger partial charge in [0.05, 0.1) is 10.6 Å². The lowest BCUT2D eigenvalue weighted by atomic mass is 9.99. The van der Waals surface area contributed by atoms with Crippen molar-refractivity contribution in [2.45, 2.75) is 71.1 Å². The van der Waals surface area contributed by atoms with Crippen LogP contribution in [0.4, 0.5) is 5.69 Å². The largest absolute Gasteiger partial charge is 0.354 e. The topological polar surface area (TPSA) is 66.5 Å². The van der Waals surface area contributed by atoms with E-state index in [1.165, 1.54) is 4.31 Å². The fourth-order valence-corrected chi connectivity index (χ4v) is 4.99. The van der Waals surface area contributed by atoms with Crippen LogP contribution in [0.3, 0.4) is 0 Å². The predicted molar refractivity (Wildman–Crippen MR) is 133 cm³/mol. The van der Waals surface area contributed by atoms with Crippen molar-refractivity contribution in [2.24, 2.45) is 5.92 Å². The number of anilines is 1. The van der Waals surface area contributed by atoms with E-state index in [4.69, 9.17) is 0 Å². The van der Waals surface area contributed by atoms with Crippen LogP contribution in [-0.4, -0.2) is 27.4 Å². The molecule has 1 amide bonds. The number of carbonyl (C=O) groups excluding carboxylic acids is 1. The summed E-state index contributed by atoms with van der Waals surface area (Å²) in [6.07, 6.45) is 4.31. The Morgan fingerprint density at radius 3 is 2.16 bits per heavy atom. The second kappa shape index (κ2) is 12.0. The molecule has 0 saturated carbocycles. The van der Waals surface area contributed by atoms with Crippen LogP contribution in [0.15, 0.2) is 53.4 Å². The van der Waals surface area contributed by atoms with Crippen molar-refractivity contribution in [2.75, 3.05) is 17.4 Å². The first-order chi connectivity index (χ1) is 15.2. The average Bonchev–Trinajstić information content (AvgIpc) is 2.78. The number of nitrogens with one attached hydrogen (secondary N) is 1. The molecule has 1 unspecified atom stereocenters. The van der Waals surface area contributed by atoms with Gasteiger partial charge < -0.3 is 5.32 Å². The Kier molecular flexibility index (Phi) is 9.76. The number of aryl methyl sites for hydroxylation is 1. The number of carbonyl (C=O) groups is 1. The smallest absolute Gasteiger partial charge is 0.264 e. The first-order valence-electron chi connectivity index (χ1n) is 11.6. The molecule has 0 saturated heterocycles. The SMILES string of the molecule is CCCCC(CC)CNC(=O)CN(c1ccc(C(C)C)cc1)S(=O)(=O)c1ccc(C)cc1. The van der Waals surface area contributed by atoms with Crippen LogP contribution >= 0.6 is 0 Å². The molecule has 2 aromatic carbocycles. The molecule has 2 aromatic rings. The van der Waals surface area contributed by atoms with Gasteiger partial charge in [0.2, 0.25) is 5.91 Å². The molecule has 1 N–H and O–H groups in total. The van der Waals surface area contributed by atoms with Gasteiger partial charge >= 0.3 is 0 Å². The fraction of sp³-hybridized carbons (Fsp3) is 0.500. The van der Waals surface area contributed by atoms with E-state index in [2.05, 4.69) is 33.0 Å². The van der Waals surface area contributed by atoms with E-state index in [1.807, 2.05) is 19.1 Å². The lowest BCUT2D eigenvalue weighted by Crippen LogP contribution is -2.42. The quantitative estimate of drug-likeness (QED) is 0.447. The zero-order valence-electron chi connectivity index (χ0n) is 20.1. The van der Waals surface area contributed by atoms with Crippen molar-refractivity contribution in [1.82, 2.24) is 5.32 Å². The maximum Gasteiger partial charge on any atom is 0.264 e. The van der Waals surface area contributed by atoms with Crippen molar-refractivity contribution in [3.63, 3.8) is 0 Å². The third-order valence-corrected chi connectivity index (χ3v) is 7.66. The maximum atomic E-state index is 13.5. The molecule has 32 heavy (non-hydrogen) atoms. The molecule has 0 aliphatic carbocycles. The van der Waals surface area contributed by atoms with Gasteiger partial charge in [-0.1, -0.05) is 76.8 Å². The first kappa shape index (κ1) is 25.9. The van der Waals surface area contributed by atoms with Gasteiger partial charge in [0.25, 0.3) is 10.0 Å². The molecule has 0 radical (unpaired) electrons. The lowest BCUT2D eigenvalue weighted by molar-refractivity contribution is -0.119. The Balaban J connectivity index is 2.28. The lowest BCUT2D eigenvalue weighted by Gasteiger charge is -2.25. The molecule has 0 heterocycles. The third kappa shape index (κ3) is 7.09. The highest BCUT2D eigenvalue weighted by molar-refractivity contribution is 7.92. The van der Waals surface area contributed by atoms with Gasteiger partial charge in [0.15, 0.2) is 0 Å². The van der Waals surface area contributed by atoms with E-state index < -0.39 is 10.0 Å². The second-order valence-electron chi connectivity index (χ2n) is 8.79. The van der Waals surface area contributed by atoms with Gasteiger partial charge in [-0.3, -0.25) is 9.10 Å². The number of amides is 1. The minimum Gasteiger partial charge on any atom is -0.354 e. The molecule has 0 aliphatic heterocycles. The first-order valence-corrected chi connectivity index (χ1v) is 13.1. The number of benzene rings is 2. The predicted octanol–water partition coefficient (Wildman–Crippen LogP) is 5.65. The summed E-state index contributed by atoms with van der Waals surface area (Å²) in [5.74, 6) is 0.457. The van der Waals surface area contributed by atoms with Gasteiger partial charge in [-0.25, -0.2) is 8.42 Å². The van der Waals surface area contributed by atoms with E-state index in [9.17, 15) is 13.2 Å². The summed E-state index contributed by atoms with van der Waals surface area (Å²) in [4.78, 5) is 13.0. The van der Waals surface area contributed by atoms with Crippen molar-refractivity contribution < 1.29 is 13.2 Å². The summed E-state index contributed by atoms with van der Waals surface area (Å²) in [7, 11) is -3.88. The monoisotopic (exact) mass is 458 g/mol. The molecule has 176 valence electrons. The molecule has 0 bridgehead atoms. The van der Waals surface area contributed by atoms with Crippen molar-refractivity contribution in [3.8, 4) is 0 Å². The van der Waals surface area contributed by atoms with E-state index in [0.717, 1.165) is 36.8 Å². The molecule has 0 spiro atoms. The second-order valence-corrected chi connectivity index (χ2v) is 10.7. The Morgan fingerprint density at radius 2 is 1.62 bits per heavy atom. The summed E-state index contributed by atoms with van der Waals surface area (Å²) in [5.41, 5.74) is 2.59. The Labute approximate surface area is 194 Å². The van der Waals surface area contributed by atoms with Gasteiger partial charge in [-0.05, 0) is 55.0 Å². The summed E-state index contributed by atoms with van der Waals surface area (Å²) in [5, 5.41) is 2.96. The number of unbranched alkanes of at least 4 members (excludes halogenated alkanes) is 1. The standard InChI is InChI=1S/C26H38N2O3S/c1-6-8-9-22(7-2)18-27-26(29)19-28(24-14-12-23(13-15-24)20(3)4)32(30,31)25-16-10-21(5)11-17-25/h10-17,20,22H,6-9,18-19H2,1-5H3,(H,27,29). The minimum atomic E-state index is -3.88. The molecule has 0 fully saturated rings. The number of hydrogen-bond donors (Lipinski definition) is 1. The van der Waals surface area contributed by atoms with Gasteiger partial charge in [0.1, 0.15) is 6.54 Å². The summed E-state index contributed by atoms with van der Waals surface area (Å²) >= 11 is 0. The van der Waals surface area contributed by atoms with Gasteiger partial charge in [-0.2, -0.15) is 0 Å². The van der Waals surface area contributed by atoms with Crippen molar-refractivity contribution in [3.05, 3.63) is 59.7 Å². The third-order valence-electron chi connectivity index (χ3n) is 5.88. The molecular weight excluding hydrogens is 420 g/mol. The highest BCUT2D eigenvalue weighted by Crippen LogP contribution is 2.26. The van der Waals surface area contributed by atoms with E-state index in [0.29, 0.717) is 24.1 Å². The fourth-order valence-electron chi connectivity index (χ4n) is 3.57. The molecule has 0 aromatic heterocycles. The molecule has 5 nitrogen and oxygen atoms in total. The minimum absolute atomic E-state index is 0.179. The highest BCUT2D eigenvalue weighted by Gasteiger charge is 2.27. The van der Waals surface area contributed by atoms with Gasteiger partial charge in [-0.15, -0.1) is 0 Å². The van der Waals surface area contributed by atoms with Crippen LogP contribution in [0.5, 0.6) is 0 Å². The zero-order chi connectivity index (χ0) is 23.7.